The van der Waals surface area contributed by atoms with E-state index in [2.05, 4.69) is 10.2 Å². The van der Waals surface area contributed by atoms with E-state index in [-0.39, 0.29) is 17.7 Å². The second-order valence-electron chi connectivity index (χ2n) is 7.05. The molecule has 1 saturated heterocycles. The molecule has 28 heavy (non-hydrogen) atoms. The van der Waals surface area contributed by atoms with Gasteiger partial charge in [-0.15, -0.1) is 0 Å². The van der Waals surface area contributed by atoms with Crippen LogP contribution < -0.4 is 11.1 Å². The van der Waals surface area contributed by atoms with Gasteiger partial charge in [0, 0.05) is 29.9 Å². The van der Waals surface area contributed by atoms with Gasteiger partial charge in [-0.2, -0.15) is 0 Å². The van der Waals surface area contributed by atoms with Crippen molar-refractivity contribution in [3.63, 3.8) is 0 Å². The van der Waals surface area contributed by atoms with Crippen molar-refractivity contribution in [2.45, 2.75) is 19.4 Å². The Balaban J connectivity index is 1.52. The summed E-state index contributed by atoms with van der Waals surface area (Å²) < 4.78 is 0. The molecule has 2 aromatic rings. The number of hydrogen-bond acceptors (Lipinski definition) is 3. The molecule has 0 aromatic heterocycles. The summed E-state index contributed by atoms with van der Waals surface area (Å²) in [5.41, 5.74) is 8.18. The maximum Gasteiger partial charge on any atom is 0.248 e. The predicted octanol–water partition coefficient (Wildman–Crippen LogP) is 3.69. The molecule has 1 unspecified atom stereocenters. The number of anilines is 1. The van der Waals surface area contributed by atoms with Crippen LogP contribution in [0.5, 0.6) is 0 Å². The first-order chi connectivity index (χ1) is 13.5. The molecule has 1 aliphatic rings. The average Bonchev–Trinajstić information content (AvgIpc) is 2.68. The molecule has 0 bridgehead atoms. The van der Waals surface area contributed by atoms with Crippen LogP contribution in [0.25, 0.3) is 6.08 Å². The maximum absolute atomic E-state index is 12.1. The van der Waals surface area contributed by atoms with Crippen molar-refractivity contribution in [1.82, 2.24) is 4.90 Å². The summed E-state index contributed by atoms with van der Waals surface area (Å²) in [6.07, 6.45) is 5.07. The first kappa shape index (κ1) is 20.1. The molecule has 1 aliphatic heterocycles. The van der Waals surface area contributed by atoms with Crippen LogP contribution in [0.1, 0.15) is 24.0 Å². The Morgan fingerprint density at radius 1 is 1.21 bits per heavy atom. The predicted molar refractivity (Wildman–Crippen MR) is 113 cm³/mol. The van der Waals surface area contributed by atoms with Crippen LogP contribution in [0.3, 0.4) is 0 Å². The van der Waals surface area contributed by atoms with E-state index >= 15 is 0 Å². The summed E-state index contributed by atoms with van der Waals surface area (Å²) in [5.74, 6) is -0.472. The highest BCUT2D eigenvalue weighted by Gasteiger charge is 2.23. The van der Waals surface area contributed by atoms with E-state index in [4.69, 9.17) is 17.3 Å². The van der Waals surface area contributed by atoms with E-state index in [1.54, 1.807) is 18.2 Å². The van der Waals surface area contributed by atoms with Gasteiger partial charge in [0.1, 0.15) is 0 Å². The molecular formula is C22H24ClN3O2. The zero-order valence-corrected chi connectivity index (χ0v) is 16.4. The van der Waals surface area contributed by atoms with E-state index in [9.17, 15) is 9.59 Å². The van der Waals surface area contributed by atoms with Crippen molar-refractivity contribution in [2.24, 2.45) is 11.7 Å². The van der Waals surface area contributed by atoms with Crippen molar-refractivity contribution in [3.05, 3.63) is 70.8 Å². The second-order valence-corrected chi connectivity index (χ2v) is 7.49. The SMILES string of the molecule is NC(=O)C1CCCN(Cc2ccc(NC(=O)/C=C/c3cccc(Cl)c3)cc2)C1. The summed E-state index contributed by atoms with van der Waals surface area (Å²) >= 11 is 5.94. The highest BCUT2D eigenvalue weighted by molar-refractivity contribution is 6.30. The van der Waals surface area contributed by atoms with Crippen molar-refractivity contribution in [3.8, 4) is 0 Å². The minimum atomic E-state index is -0.214. The molecule has 3 rings (SSSR count). The monoisotopic (exact) mass is 397 g/mol. The Hall–Kier alpha value is -2.63. The topological polar surface area (TPSA) is 75.4 Å². The van der Waals surface area contributed by atoms with Gasteiger partial charge in [0.05, 0.1) is 5.92 Å². The van der Waals surface area contributed by atoms with Crippen molar-refractivity contribution in [2.75, 3.05) is 18.4 Å². The molecule has 2 aromatic carbocycles. The molecule has 1 heterocycles. The normalized spacial score (nSPS) is 17.5. The van der Waals surface area contributed by atoms with Gasteiger partial charge in [-0.3, -0.25) is 14.5 Å². The molecule has 5 nitrogen and oxygen atoms in total. The zero-order chi connectivity index (χ0) is 19.9. The number of primary amides is 1. The molecule has 6 heteroatoms. The zero-order valence-electron chi connectivity index (χ0n) is 15.6. The molecule has 0 aliphatic carbocycles. The number of hydrogen-bond donors (Lipinski definition) is 2. The number of carbonyl (C=O) groups is 2. The minimum absolute atomic E-state index is 0.0569. The van der Waals surface area contributed by atoms with Crippen LogP contribution in [-0.2, 0) is 16.1 Å². The Morgan fingerprint density at radius 3 is 2.71 bits per heavy atom. The number of nitrogens with one attached hydrogen (secondary N) is 1. The van der Waals surface area contributed by atoms with Crippen LogP contribution in [0.2, 0.25) is 5.02 Å². The van der Waals surface area contributed by atoms with Gasteiger partial charge >= 0.3 is 0 Å². The van der Waals surface area contributed by atoms with Crippen LogP contribution in [-0.4, -0.2) is 29.8 Å². The lowest BCUT2D eigenvalue weighted by Gasteiger charge is -2.31. The van der Waals surface area contributed by atoms with Crippen molar-refractivity contribution < 1.29 is 9.59 Å². The summed E-state index contributed by atoms with van der Waals surface area (Å²) in [5, 5.41) is 3.48. The third-order valence-corrected chi connectivity index (χ3v) is 5.05. The standard InChI is InChI=1S/C22H24ClN3O2/c23-19-5-1-3-16(13-19)8-11-21(27)25-20-9-6-17(7-10-20)14-26-12-2-4-18(15-26)22(24)28/h1,3,5-11,13,18H,2,4,12,14-15H2,(H2,24,28)(H,25,27)/b11-8+. The highest BCUT2D eigenvalue weighted by Crippen LogP contribution is 2.19. The lowest BCUT2D eigenvalue weighted by Crippen LogP contribution is -2.40. The fourth-order valence-corrected chi connectivity index (χ4v) is 3.55. The number of piperidine rings is 1. The molecule has 0 saturated carbocycles. The molecule has 0 radical (unpaired) electrons. The van der Waals surface area contributed by atoms with Gasteiger partial charge in [-0.1, -0.05) is 35.9 Å². The minimum Gasteiger partial charge on any atom is -0.369 e. The largest absolute Gasteiger partial charge is 0.369 e. The molecule has 0 spiro atoms. The molecule has 2 amide bonds. The summed E-state index contributed by atoms with van der Waals surface area (Å²) in [4.78, 5) is 25.7. The van der Waals surface area contributed by atoms with Gasteiger partial charge < -0.3 is 11.1 Å². The van der Waals surface area contributed by atoms with Gasteiger partial charge in [-0.25, -0.2) is 0 Å². The Bertz CT molecular complexity index is 864. The lowest BCUT2D eigenvalue weighted by atomic mass is 9.97. The van der Waals surface area contributed by atoms with Crippen molar-refractivity contribution >= 4 is 35.2 Å². The smallest absolute Gasteiger partial charge is 0.248 e. The third kappa shape index (κ3) is 5.94. The Kier molecular flexibility index (Phi) is 6.85. The number of benzene rings is 2. The van der Waals surface area contributed by atoms with E-state index in [1.165, 1.54) is 6.08 Å². The number of nitrogens with two attached hydrogens (primary N) is 1. The lowest BCUT2D eigenvalue weighted by molar-refractivity contribution is -0.123. The second kappa shape index (κ2) is 9.53. The maximum atomic E-state index is 12.1. The first-order valence-corrected chi connectivity index (χ1v) is 9.72. The van der Waals surface area contributed by atoms with Crippen LogP contribution in [0.4, 0.5) is 5.69 Å². The Morgan fingerprint density at radius 2 is 2.00 bits per heavy atom. The molecule has 146 valence electrons. The van der Waals surface area contributed by atoms with Gasteiger partial charge in [0.15, 0.2) is 0 Å². The Labute approximate surface area is 170 Å². The number of nitrogens with zero attached hydrogens (tertiary/aromatic N) is 1. The third-order valence-electron chi connectivity index (χ3n) is 4.81. The quantitative estimate of drug-likeness (QED) is 0.730. The number of carbonyl (C=O) groups excluding carboxylic acids is 2. The summed E-state index contributed by atoms with van der Waals surface area (Å²) in [6.45, 7) is 2.45. The fraction of sp³-hybridized carbons (Fsp3) is 0.273. The van der Waals surface area contributed by atoms with E-state index in [0.29, 0.717) is 11.6 Å². The molecule has 3 N–H and O–H groups in total. The number of amides is 2. The number of likely N-dealkylation sites (tertiary alicyclic amines) is 1. The first-order valence-electron chi connectivity index (χ1n) is 9.35. The van der Waals surface area contributed by atoms with E-state index in [0.717, 1.165) is 42.7 Å². The fourth-order valence-electron chi connectivity index (χ4n) is 3.35. The van der Waals surface area contributed by atoms with Gasteiger partial charge in [0.2, 0.25) is 11.8 Å². The van der Waals surface area contributed by atoms with Gasteiger partial charge in [0.25, 0.3) is 0 Å². The average molecular weight is 398 g/mol. The van der Waals surface area contributed by atoms with Crippen LogP contribution in [0, 0.1) is 5.92 Å². The van der Waals surface area contributed by atoms with Crippen LogP contribution in [0.15, 0.2) is 54.6 Å². The van der Waals surface area contributed by atoms with Crippen LogP contribution >= 0.6 is 11.6 Å². The van der Waals surface area contributed by atoms with E-state index in [1.807, 2.05) is 36.4 Å². The molecular weight excluding hydrogens is 374 g/mol. The molecule has 1 atom stereocenters. The van der Waals surface area contributed by atoms with Gasteiger partial charge in [-0.05, 0) is 60.9 Å². The summed E-state index contributed by atoms with van der Waals surface area (Å²) in [6, 6.07) is 15.1. The van der Waals surface area contributed by atoms with Crippen molar-refractivity contribution in [1.29, 1.82) is 0 Å². The summed E-state index contributed by atoms with van der Waals surface area (Å²) in [7, 11) is 0. The number of rotatable bonds is 6. The van der Waals surface area contributed by atoms with E-state index < -0.39 is 0 Å². The number of halogens is 1. The molecule has 1 fully saturated rings. The highest BCUT2D eigenvalue weighted by atomic mass is 35.5.